The van der Waals surface area contributed by atoms with Crippen molar-refractivity contribution < 1.29 is 28.8 Å². The molecule has 188 valence electrons. The van der Waals surface area contributed by atoms with Gasteiger partial charge >= 0.3 is 11.9 Å². The van der Waals surface area contributed by atoms with E-state index < -0.39 is 11.8 Å². The first-order chi connectivity index (χ1) is 16.2. The molecule has 0 heterocycles. The fraction of sp³-hybridized carbons (Fsp3) is 0.926. The van der Waals surface area contributed by atoms with Crippen LogP contribution >= 0.6 is 0 Å². The first-order valence-electron chi connectivity index (χ1n) is 13.9. The molecule has 0 N–H and O–H groups in total. The Morgan fingerprint density at radius 2 is 1.03 bits per heavy atom. The van der Waals surface area contributed by atoms with Crippen LogP contribution in [-0.4, -0.2) is 36.9 Å². The summed E-state index contributed by atoms with van der Waals surface area (Å²) < 4.78 is 11.8. The van der Waals surface area contributed by atoms with Crippen molar-refractivity contribution in [3.63, 3.8) is 0 Å². The summed E-state index contributed by atoms with van der Waals surface area (Å²) >= 11 is 0. The van der Waals surface area contributed by atoms with Crippen LogP contribution in [0.4, 0.5) is 0 Å². The molecule has 0 radical (unpaired) electrons. The molecule has 4 aliphatic carbocycles. The quantitative estimate of drug-likeness (QED) is 0.247. The Hall–Kier alpha value is -1.14. The zero-order valence-electron chi connectivity index (χ0n) is 20.3. The molecule has 3 atom stereocenters. The van der Waals surface area contributed by atoms with Crippen molar-refractivity contribution in [2.45, 2.75) is 134 Å². The molecule has 3 unspecified atom stereocenters. The predicted molar refractivity (Wildman–Crippen MR) is 124 cm³/mol. The van der Waals surface area contributed by atoms with E-state index in [1.165, 1.54) is 32.1 Å². The fourth-order valence-electron chi connectivity index (χ4n) is 6.21. The van der Waals surface area contributed by atoms with E-state index in [4.69, 9.17) is 19.2 Å². The van der Waals surface area contributed by atoms with E-state index >= 15 is 0 Å². The molecule has 4 rings (SSSR count). The molecule has 0 spiro atoms. The van der Waals surface area contributed by atoms with Crippen molar-refractivity contribution in [2.75, 3.05) is 6.61 Å². The van der Waals surface area contributed by atoms with Crippen molar-refractivity contribution in [1.82, 2.24) is 0 Å². The van der Waals surface area contributed by atoms with Crippen LogP contribution in [0, 0.1) is 17.8 Å². The lowest BCUT2D eigenvalue weighted by molar-refractivity contribution is -0.335. The molecule has 0 saturated heterocycles. The molecule has 0 bridgehead atoms. The Morgan fingerprint density at radius 3 is 1.58 bits per heavy atom. The molecular weight excluding hydrogens is 420 g/mol. The number of carbonyl (C=O) groups excluding carboxylic acids is 2. The van der Waals surface area contributed by atoms with E-state index in [2.05, 4.69) is 0 Å². The Labute approximate surface area is 199 Å². The predicted octanol–water partition coefficient (Wildman–Crippen LogP) is 6.05. The normalized spacial score (nSPS) is 30.6. The van der Waals surface area contributed by atoms with E-state index in [0.717, 1.165) is 70.6 Å². The Morgan fingerprint density at radius 1 is 0.545 bits per heavy atom. The third-order valence-electron chi connectivity index (χ3n) is 8.29. The van der Waals surface area contributed by atoms with Crippen LogP contribution in [0.15, 0.2) is 0 Å². The van der Waals surface area contributed by atoms with Crippen LogP contribution < -0.4 is 0 Å². The third kappa shape index (κ3) is 7.68. The number of hydrogen-bond donors (Lipinski definition) is 0. The van der Waals surface area contributed by atoms with E-state index in [9.17, 15) is 9.59 Å². The third-order valence-corrected chi connectivity index (χ3v) is 8.29. The number of rotatable bonds is 8. The second-order valence-corrected chi connectivity index (χ2v) is 10.9. The van der Waals surface area contributed by atoms with Gasteiger partial charge in [-0.2, -0.15) is 0 Å². The highest BCUT2D eigenvalue weighted by Gasteiger charge is 2.42. The second-order valence-electron chi connectivity index (χ2n) is 10.9. The van der Waals surface area contributed by atoms with Crippen LogP contribution in [0.5, 0.6) is 0 Å². The highest BCUT2D eigenvalue weighted by Crippen LogP contribution is 2.38. The molecular formula is C27H44O6. The van der Waals surface area contributed by atoms with Crippen LogP contribution in [-0.2, 0) is 28.8 Å². The molecule has 0 aromatic rings. The summed E-state index contributed by atoms with van der Waals surface area (Å²) in [4.78, 5) is 37.7. The number of hydrogen-bond acceptors (Lipinski definition) is 6. The highest BCUT2D eigenvalue weighted by atomic mass is 17.2. The highest BCUT2D eigenvalue weighted by molar-refractivity contribution is 5.82. The fourth-order valence-corrected chi connectivity index (χ4v) is 6.21. The first-order valence-corrected chi connectivity index (χ1v) is 13.9. The summed E-state index contributed by atoms with van der Waals surface area (Å²) in [5.41, 5.74) is 0. The molecule has 0 aliphatic heterocycles. The van der Waals surface area contributed by atoms with Gasteiger partial charge in [0.15, 0.2) is 0 Å². The van der Waals surface area contributed by atoms with Gasteiger partial charge < -0.3 is 9.47 Å². The van der Waals surface area contributed by atoms with Gasteiger partial charge in [0, 0.05) is 0 Å². The van der Waals surface area contributed by atoms with Crippen molar-refractivity contribution in [2.24, 2.45) is 17.8 Å². The molecule has 0 aromatic heterocycles. The van der Waals surface area contributed by atoms with Gasteiger partial charge in [-0.05, 0) is 89.4 Å². The SMILES string of the molecule is O=C(OC1CCCCC1)C1CCC(COOC2CCCCC2)CC1C(=O)OC1CCCCC1. The van der Waals surface area contributed by atoms with Gasteiger partial charge in [-0.3, -0.25) is 9.59 Å². The van der Waals surface area contributed by atoms with Gasteiger partial charge in [-0.25, -0.2) is 9.78 Å². The molecule has 33 heavy (non-hydrogen) atoms. The van der Waals surface area contributed by atoms with E-state index in [1.54, 1.807) is 0 Å². The molecule has 4 saturated carbocycles. The Balaban J connectivity index is 1.32. The average molecular weight is 465 g/mol. The topological polar surface area (TPSA) is 71.1 Å². The minimum atomic E-state index is -0.431. The lowest BCUT2D eigenvalue weighted by Crippen LogP contribution is -2.41. The summed E-state index contributed by atoms with van der Waals surface area (Å²) in [5.74, 6) is -1.01. The minimum absolute atomic E-state index is 0.00697. The zero-order chi connectivity index (χ0) is 22.9. The lowest BCUT2D eigenvalue weighted by atomic mass is 9.74. The van der Waals surface area contributed by atoms with Crippen molar-refractivity contribution in [3.8, 4) is 0 Å². The van der Waals surface area contributed by atoms with Crippen LogP contribution in [0.2, 0.25) is 0 Å². The summed E-state index contributed by atoms with van der Waals surface area (Å²) in [6.07, 6.45) is 18.9. The van der Waals surface area contributed by atoms with Gasteiger partial charge in [-0.15, -0.1) is 0 Å². The summed E-state index contributed by atoms with van der Waals surface area (Å²) in [6, 6.07) is 0. The zero-order valence-corrected chi connectivity index (χ0v) is 20.3. The molecule has 4 aliphatic rings. The van der Waals surface area contributed by atoms with Gasteiger partial charge in [0.25, 0.3) is 0 Å². The number of carbonyl (C=O) groups is 2. The monoisotopic (exact) mass is 464 g/mol. The Kier molecular flexibility index (Phi) is 9.90. The average Bonchev–Trinajstić information content (AvgIpc) is 2.86. The summed E-state index contributed by atoms with van der Waals surface area (Å²) in [5, 5.41) is 0. The lowest BCUT2D eigenvalue weighted by Gasteiger charge is -2.35. The van der Waals surface area contributed by atoms with E-state index in [0.29, 0.717) is 19.4 Å². The largest absolute Gasteiger partial charge is 0.462 e. The van der Waals surface area contributed by atoms with Crippen LogP contribution in [0.1, 0.15) is 116 Å². The standard InChI is InChI=1S/C27H44O6/c28-26(31-21-10-4-1-5-11-21)24-17-16-20(19-30-33-23-14-8-3-9-15-23)18-25(24)27(29)32-22-12-6-2-7-13-22/h20-25H,1-19H2. The molecule has 0 amide bonds. The molecule has 6 heteroatoms. The van der Waals surface area contributed by atoms with Gasteiger partial charge in [-0.1, -0.05) is 32.1 Å². The summed E-state index contributed by atoms with van der Waals surface area (Å²) in [7, 11) is 0. The van der Waals surface area contributed by atoms with Crippen molar-refractivity contribution in [1.29, 1.82) is 0 Å². The minimum Gasteiger partial charge on any atom is -0.462 e. The maximum absolute atomic E-state index is 13.2. The smallest absolute Gasteiger partial charge is 0.310 e. The second kappa shape index (κ2) is 13.1. The molecule has 4 fully saturated rings. The number of ether oxygens (including phenoxy) is 2. The Bertz CT molecular complexity index is 604. The van der Waals surface area contributed by atoms with Gasteiger partial charge in [0.05, 0.1) is 24.5 Å². The van der Waals surface area contributed by atoms with Gasteiger partial charge in [0.1, 0.15) is 12.2 Å². The van der Waals surface area contributed by atoms with E-state index in [1.807, 2.05) is 0 Å². The maximum atomic E-state index is 13.2. The van der Waals surface area contributed by atoms with Gasteiger partial charge in [0.2, 0.25) is 0 Å². The van der Waals surface area contributed by atoms with E-state index in [-0.39, 0.29) is 36.2 Å². The van der Waals surface area contributed by atoms with Crippen molar-refractivity contribution >= 4 is 11.9 Å². The summed E-state index contributed by atoms with van der Waals surface area (Å²) in [6.45, 7) is 0.480. The van der Waals surface area contributed by atoms with Crippen LogP contribution in [0.25, 0.3) is 0 Å². The van der Waals surface area contributed by atoms with Crippen molar-refractivity contribution in [3.05, 3.63) is 0 Å². The molecule has 6 nitrogen and oxygen atoms in total. The number of esters is 2. The van der Waals surface area contributed by atoms with Crippen LogP contribution in [0.3, 0.4) is 0 Å². The first kappa shape index (κ1) is 25.0. The maximum Gasteiger partial charge on any atom is 0.310 e. The molecule has 0 aromatic carbocycles.